The van der Waals surface area contributed by atoms with Crippen LogP contribution in [0, 0.1) is 0 Å². The fraction of sp³-hybridized carbons (Fsp3) is 0.0769. The summed E-state index contributed by atoms with van der Waals surface area (Å²) in [5.41, 5.74) is 0.420. The van der Waals surface area contributed by atoms with Gasteiger partial charge in [0.2, 0.25) is 0 Å². The van der Waals surface area contributed by atoms with Gasteiger partial charge in [0.25, 0.3) is 0 Å². The monoisotopic (exact) mass is 245 g/mol. The lowest BCUT2D eigenvalue weighted by molar-refractivity contribution is -0.131. The average Bonchev–Trinajstić information content (AvgIpc) is 2.57. The molecule has 1 aromatic heterocycles. The zero-order valence-corrected chi connectivity index (χ0v) is 9.73. The molecule has 0 radical (unpaired) electrons. The molecule has 2 aromatic rings. The van der Waals surface area contributed by atoms with E-state index in [2.05, 4.69) is 11.6 Å². The standard InChI is InChI=1S/C13H11NO4/c1-8-14-12(13(16)17-8)7-10-4-3-5-11(6-10)18-9(2)15/h3-7,14H,1H2,2H3. The Kier molecular flexibility index (Phi) is 3.14. The van der Waals surface area contributed by atoms with E-state index in [9.17, 15) is 9.59 Å². The molecule has 0 aliphatic heterocycles. The number of H-pyrrole nitrogens is 1. The number of carbonyl (C=O) groups excluding carboxylic acids is 1. The lowest BCUT2D eigenvalue weighted by Gasteiger charge is -2.00. The first-order chi connectivity index (χ1) is 8.54. The van der Waals surface area contributed by atoms with Gasteiger partial charge in [-0.2, -0.15) is 0 Å². The van der Waals surface area contributed by atoms with Crippen molar-refractivity contribution in [2.75, 3.05) is 0 Å². The molecule has 0 saturated carbocycles. The SMILES string of the molecule is C=c1[nH]c(=Cc2cccc(OC(C)=O)c2)c(=O)o1. The van der Waals surface area contributed by atoms with E-state index < -0.39 is 11.6 Å². The highest BCUT2D eigenvalue weighted by molar-refractivity contribution is 5.69. The van der Waals surface area contributed by atoms with E-state index in [-0.39, 0.29) is 5.55 Å². The van der Waals surface area contributed by atoms with Crippen molar-refractivity contribution in [1.29, 1.82) is 0 Å². The molecular weight excluding hydrogens is 234 g/mol. The molecule has 1 heterocycles. The van der Waals surface area contributed by atoms with Crippen LogP contribution in [-0.2, 0) is 4.79 Å². The highest BCUT2D eigenvalue weighted by atomic mass is 16.5. The summed E-state index contributed by atoms with van der Waals surface area (Å²) in [6.45, 7) is 4.81. The zero-order valence-electron chi connectivity index (χ0n) is 9.73. The first-order valence-electron chi connectivity index (χ1n) is 5.23. The third-order valence-corrected chi connectivity index (χ3v) is 2.14. The Labute approximate surface area is 102 Å². The first kappa shape index (κ1) is 11.9. The normalized spacial score (nSPS) is 11.5. The van der Waals surface area contributed by atoms with Crippen LogP contribution >= 0.6 is 0 Å². The van der Waals surface area contributed by atoms with Crippen molar-refractivity contribution in [2.45, 2.75) is 6.92 Å². The largest absolute Gasteiger partial charge is 0.427 e. The highest BCUT2D eigenvalue weighted by Crippen LogP contribution is 2.13. The molecule has 0 aliphatic carbocycles. The van der Waals surface area contributed by atoms with Gasteiger partial charge in [-0.25, -0.2) is 4.79 Å². The van der Waals surface area contributed by atoms with E-state index in [0.29, 0.717) is 16.7 Å². The van der Waals surface area contributed by atoms with Crippen LogP contribution in [0.2, 0.25) is 0 Å². The van der Waals surface area contributed by atoms with Crippen LogP contribution in [0.4, 0.5) is 0 Å². The second-order valence-electron chi connectivity index (χ2n) is 3.66. The van der Waals surface area contributed by atoms with E-state index >= 15 is 0 Å². The molecule has 1 aromatic carbocycles. The minimum absolute atomic E-state index is 0.197. The summed E-state index contributed by atoms with van der Waals surface area (Å²) in [7, 11) is 0. The number of carbonyl (C=O) groups is 1. The van der Waals surface area contributed by atoms with Crippen LogP contribution in [0.25, 0.3) is 12.7 Å². The Morgan fingerprint density at radius 2 is 2.28 bits per heavy atom. The topological polar surface area (TPSA) is 72.3 Å². The number of hydrogen-bond donors (Lipinski definition) is 1. The second-order valence-corrected chi connectivity index (χ2v) is 3.66. The second kappa shape index (κ2) is 4.75. The number of esters is 1. The number of rotatable bonds is 2. The van der Waals surface area contributed by atoms with Crippen molar-refractivity contribution in [3.8, 4) is 5.75 Å². The molecule has 1 N–H and O–H groups in total. The van der Waals surface area contributed by atoms with Crippen LogP contribution in [0.15, 0.2) is 33.5 Å². The number of oxazole rings is 1. The molecule has 0 spiro atoms. The van der Waals surface area contributed by atoms with Gasteiger partial charge in [0.05, 0.1) is 0 Å². The van der Waals surface area contributed by atoms with E-state index in [1.165, 1.54) is 6.92 Å². The van der Waals surface area contributed by atoms with Crippen LogP contribution in [0.1, 0.15) is 12.5 Å². The van der Waals surface area contributed by atoms with Gasteiger partial charge in [-0.3, -0.25) is 4.79 Å². The fourth-order valence-electron chi connectivity index (χ4n) is 1.49. The number of nitrogens with one attached hydrogen (secondary N) is 1. The number of hydrogen-bond acceptors (Lipinski definition) is 4. The van der Waals surface area contributed by atoms with E-state index in [1.807, 2.05) is 0 Å². The van der Waals surface area contributed by atoms with Gasteiger partial charge < -0.3 is 14.1 Å². The predicted molar refractivity (Wildman–Crippen MR) is 65.4 cm³/mol. The van der Waals surface area contributed by atoms with Crippen molar-refractivity contribution in [2.24, 2.45) is 0 Å². The Morgan fingerprint density at radius 1 is 1.50 bits per heavy atom. The summed E-state index contributed by atoms with van der Waals surface area (Å²) in [5, 5.41) is 0.292. The smallest absolute Gasteiger partial charge is 0.361 e. The van der Waals surface area contributed by atoms with Gasteiger partial charge in [-0.1, -0.05) is 12.1 Å². The molecule has 0 aliphatic rings. The van der Waals surface area contributed by atoms with Crippen molar-refractivity contribution < 1.29 is 13.9 Å². The van der Waals surface area contributed by atoms with Gasteiger partial charge in [0.15, 0.2) is 5.55 Å². The van der Waals surface area contributed by atoms with Gasteiger partial charge in [0, 0.05) is 6.92 Å². The summed E-state index contributed by atoms with van der Waals surface area (Å²) in [5.74, 6) is 0.0219. The molecule has 18 heavy (non-hydrogen) atoms. The number of ether oxygens (including phenoxy) is 1. The van der Waals surface area contributed by atoms with Crippen molar-refractivity contribution in [1.82, 2.24) is 4.98 Å². The molecule has 0 saturated heterocycles. The lowest BCUT2D eigenvalue weighted by atomic mass is 10.2. The first-order valence-corrected chi connectivity index (χ1v) is 5.23. The minimum Gasteiger partial charge on any atom is -0.427 e. The maximum Gasteiger partial charge on any atom is 0.361 e. The summed E-state index contributed by atoms with van der Waals surface area (Å²) in [6, 6.07) is 6.79. The van der Waals surface area contributed by atoms with E-state index in [0.717, 1.165) is 0 Å². The number of aromatic nitrogens is 1. The van der Waals surface area contributed by atoms with Crippen LogP contribution in [0.3, 0.4) is 0 Å². The molecule has 5 nitrogen and oxygen atoms in total. The zero-order chi connectivity index (χ0) is 13.1. The van der Waals surface area contributed by atoms with Gasteiger partial charge in [-0.05, 0) is 30.4 Å². The molecule has 0 atom stereocenters. The Morgan fingerprint density at radius 3 is 2.89 bits per heavy atom. The summed E-state index contributed by atoms with van der Waals surface area (Å²) in [6.07, 6.45) is 1.59. The summed E-state index contributed by atoms with van der Waals surface area (Å²) >= 11 is 0. The van der Waals surface area contributed by atoms with E-state index in [1.54, 1.807) is 30.3 Å². The number of aromatic amines is 1. The maximum absolute atomic E-state index is 11.4. The van der Waals surface area contributed by atoms with Gasteiger partial charge in [0.1, 0.15) is 11.1 Å². The van der Waals surface area contributed by atoms with Crippen molar-refractivity contribution in [3.63, 3.8) is 0 Å². The lowest BCUT2D eigenvalue weighted by Crippen LogP contribution is -2.21. The van der Waals surface area contributed by atoms with Crippen molar-refractivity contribution >= 4 is 18.6 Å². The Balaban J connectivity index is 2.44. The quantitative estimate of drug-likeness (QED) is 0.603. The average molecular weight is 245 g/mol. The summed E-state index contributed by atoms with van der Waals surface area (Å²) < 4.78 is 9.69. The molecule has 92 valence electrons. The summed E-state index contributed by atoms with van der Waals surface area (Å²) in [4.78, 5) is 24.9. The third kappa shape index (κ3) is 2.76. The van der Waals surface area contributed by atoms with Crippen LogP contribution < -0.4 is 21.3 Å². The van der Waals surface area contributed by atoms with Crippen LogP contribution in [-0.4, -0.2) is 11.0 Å². The van der Waals surface area contributed by atoms with Gasteiger partial charge >= 0.3 is 11.6 Å². The minimum atomic E-state index is -0.488. The molecule has 0 unspecified atom stereocenters. The van der Waals surface area contributed by atoms with Gasteiger partial charge in [-0.15, -0.1) is 0 Å². The predicted octanol–water partition coefficient (Wildman–Crippen LogP) is 0.132. The van der Waals surface area contributed by atoms with E-state index in [4.69, 9.17) is 9.15 Å². The van der Waals surface area contributed by atoms with Crippen LogP contribution in [0.5, 0.6) is 5.75 Å². The van der Waals surface area contributed by atoms with Crippen molar-refractivity contribution in [3.05, 3.63) is 51.1 Å². The fourth-order valence-corrected chi connectivity index (χ4v) is 1.49. The molecular formula is C13H11NO4. The molecule has 0 amide bonds. The number of benzene rings is 1. The Bertz CT molecular complexity index is 739. The molecule has 2 rings (SSSR count). The molecule has 0 bridgehead atoms. The maximum atomic E-state index is 11.4. The highest BCUT2D eigenvalue weighted by Gasteiger charge is 1.99. The third-order valence-electron chi connectivity index (χ3n) is 2.14. The molecule has 5 heteroatoms. The molecule has 0 fully saturated rings. The Hall–Kier alpha value is -2.56.